The zero-order chi connectivity index (χ0) is 18.0. The van der Waals surface area contributed by atoms with Crippen LogP contribution >= 0.6 is 23.1 Å². The highest BCUT2D eigenvalue weighted by Gasteiger charge is 2.26. The predicted molar refractivity (Wildman–Crippen MR) is 104 cm³/mol. The number of aromatic nitrogens is 2. The summed E-state index contributed by atoms with van der Waals surface area (Å²) in [5.74, 6) is 0.952. The van der Waals surface area contributed by atoms with Crippen molar-refractivity contribution in [3.05, 3.63) is 16.8 Å². The van der Waals surface area contributed by atoms with E-state index in [4.69, 9.17) is 4.74 Å². The minimum atomic E-state index is -0.213. The van der Waals surface area contributed by atoms with Crippen molar-refractivity contribution < 1.29 is 9.53 Å². The van der Waals surface area contributed by atoms with Crippen molar-refractivity contribution in [3.63, 3.8) is 0 Å². The van der Waals surface area contributed by atoms with Crippen molar-refractivity contribution in [1.29, 1.82) is 0 Å². The van der Waals surface area contributed by atoms with Gasteiger partial charge in [-0.05, 0) is 43.1 Å². The highest BCUT2D eigenvalue weighted by Crippen LogP contribution is 2.41. The van der Waals surface area contributed by atoms with Gasteiger partial charge in [0.1, 0.15) is 21.4 Å². The Balaban J connectivity index is 1.86. The largest absolute Gasteiger partial charge is 0.465 e. The Morgan fingerprint density at radius 3 is 2.96 bits per heavy atom. The molecule has 0 bridgehead atoms. The van der Waals surface area contributed by atoms with Crippen LogP contribution in [0.25, 0.3) is 10.2 Å². The molecule has 2 aromatic heterocycles. The van der Waals surface area contributed by atoms with Gasteiger partial charge in [-0.2, -0.15) is 0 Å². The number of hydrogen-bond acceptors (Lipinski definition) is 6. The van der Waals surface area contributed by atoms with Crippen molar-refractivity contribution >= 4 is 39.3 Å². The van der Waals surface area contributed by atoms with Crippen LogP contribution in [-0.2, 0) is 22.4 Å². The lowest BCUT2D eigenvalue weighted by Gasteiger charge is -2.19. The summed E-state index contributed by atoms with van der Waals surface area (Å²) >= 11 is 3.33. The molecule has 0 radical (unpaired) electrons. The molecule has 6 heteroatoms. The molecule has 0 saturated carbocycles. The van der Waals surface area contributed by atoms with Gasteiger partial charge in [-0.15, -0.1) is 11.3 Å². The number of rotatable bonds is 6. The van der Waals surface area contributed by atoms with Gasteiger partial charge in [-0.25, -0.2) is 9.97 Å². The lowest BCUT2D eigenvalue weighted by atomic mass is 9.89. The molecule has 0 saturated heterocycles. The Morgan fingerprint density at radius 1 is 1.44 bits per heavy atom. The molecule has 3 rings (SSSR count). The fraction of sp³-hybridized carbons (Fsp3) is 0.632. The molecule has 0 spiro atoms. The fourth-order valence-electron chi connectivity index (χ4n) is 3.11. The van der Waals surface area contributed by atoms with Crippen LogP contribution in [0.4, 0.5) is 0 Å². The van der Waals surface area contributed by atoms with E-state index in [9.17, 15) is 4.79 Å². The van der Waals surface area contributed by atoms with Crippen LogP contribution in [0.15, 0.2) is 11.4 Å². The van der Waals surface area contributed by atoms with Gasteiger partial charge in [0.15, 0.2) is 0 Å². The summed E-state index contributed by atoms with van der Waals surface area (Å²) in [6.45, 7) is 8.91. The topological polar surface area (TPSA) is 52.1 Å². The monoisotopic (exact) mass is 378 g/mol. The number of hydrogen-bond donors (Lipinski definition) is 0. The third kappa shape index (κ3) is 4.17. The molecule has 1 aliphatic rings. The third-order valence-corrected chi connectivity index (χ3v) is 7.01. The SMILES string of the molecule is CC[C@H](Sc1ncnc2sc3c(c12)CC[C@H](C)C3)C(=O)OCC(C)C. The van der Waals surface area contributed by atoms with Crippen molar-refractivity contribution in [1.82, 2.24) is 9.97 Å². The number of thiophene rings is 1. The lowest BCUT2D eigenvalue weighted by molar-refractivity contribution is -0.144. The van der Waals surface area contributed by atoms with E-state index >= 15 is 0 Å². The van der Waals surface area contributed by atoms with Gasteiger partial charge in [0.05, 0.1) is 6.61 Å². The Morgan fingerprint density at radius 2 is 2.24 bits per heavy atom. The van der Waals surface area contributed by atoms with Crippen LogP contribution < -0.4 is 0 Å². The average molecular weight is 379 g/mol. The van der Waals surface area contributed by atoms with E-state index in [0.717, 1.165) is 35.0 Å². The second kappa shape index (κ2) is 8.04. The maximum absolute atomic E-state index is 12.4. The van der Waals surface area contributed by atoms with Crippen LogP contribution in [0.2, 0.25) is 0 Å². The molecule has 0 aliphatic heterocycles. The number of carbonyl (C=O) groups is 1. The standard InChI is InChI=1S/C19H26N2O2S2/c1-5-14(19(22)23-9-11(2)3)24-17-16-13-7-6-12(4)8-15(13)25-18(16)21-10-20-17/h10-12,14H,5-9H2,1-4H3/t12-,14-/m0/s1. The second-order valence-electron chi connectivity index (χ2n) is 7.25. The van der Waals surface area contributed by atoms with Crippen molar-refractivity contribution in [2.75, 3.05) is 6.61 Å². The number of ether oxygens (including phenoxy) is 1. The molecule has 1 aliphatic carbocycles. The minimum absolute atomic E-state index is 0.134. The smallest absolute Gasteiger partial charge is 0.319 e. The molecule has 2 heterocycles. The van der Waals surface area contributed by atoms with E-state index in [-0.39, 0.29) is 11.2 Å². The molecule has 0 amide bonds. The van der Waals surface area contributed by atoms with E-state index < -0.39 is 0 Å². The molecule has 0 N–H and O–H groups in total. The van der Waals surface area contributed by atoms with Crippen LogP contribution in [0, 0.1) is 11.8 Å². The number of thioether (sulfide) groups is 1. The summed E-state index contributed by atoms with van der Waals surface area (Å²) < 4.78 is 5.45. The van der Waals surface area contributed by atoms with Crippen molar-refractivity contribution in [2.24, 2.45) is 11.8 Å². The summed E-state index contributed by atoms with van der Waals surface area (Å²) in [6, 6.07) is 0. The van der Waals surface area contributed by atoms with E-state index in [1.54, 1.807) is 17.7 Å². The molecule has 2 atom stereocenters. The maximum atomic E-state index is 12.4. The zero-order valence-corrected chi connectivity index (χ0v) is 17.0. The van der Waals surface area contributed by atoms with E-state index in [2.05, 4.69) is 16.9 Å². The van der Waals surface area contributed by atoms with Crippen molar-refractivity contribution in [3.8, 4) is 0 Å². The third-order valence-electron chi connectivity index (χ3n) is 4.50. The Bertz CT molecular complexity index is 757. The first-order valence-corrected chi connectivity index (χ1v) is 10.8. The second-order valence-corrected chi connectivity index (χ2v) is 9.52. The Labute approximate surface area is 157 Å². The lowest BCUT2D eigenvalue weighted by Crippen LogP contribution is -2.21. The summed E-state index contributed by atoms with van der Waals surface area (Å²) in [5, 5.41) is 1.90. The molecule has 25 heavy (non-hydrogen) atoms. The molecule has 0 unspecified atom stereocenters. The molecular formula is C19H26N2O2S2. The van der Waals surface area contributed by atoms with E-state index in [0.29, 0.717) is 12.5 Å². The number of fused-ring (bicyclic) bond motifs is 3. The van der Waals surface area contributed by atoms with Crippen LogP contribution in [0.5, 0.6) is 0 Å². The molecule has 0 fully saturated rings. The molecule has 2 aromatic rings. The summed E-state index contributed by atoms with van der Waals surface area (Å²) in [5.41, 5.74) is 1.41. The van der Waals surface area contributed by atoms with E-state index in [1.807, 2.05) is 20.8 Å². The number of nitrogens with zero attached hydrogens (tertiary/aromatic N) is 2. The van der Waals surface area contributed by atoms with Crippen LogP contribution in [0.1, 0.15) is 51.0 Å². The van der Waals surface area contributed by atoms with Gasteiger partial charge in [0.25, 0.3) is 0 Å². The highest BCUT2D eigenvalue weighted by atomic mass is 32.2. The Hall–Kier alpha value is -1.14. The summed E-state index contributed by atoms with van der Waals surface area (Å²) in [6.07, 6.45) is 5.80. The van der Waals surface area contributed by atoms with Crippen LogP contribution in [-0.4, -0.2) is 27.8 Å². The molecule has 4 nitrogen and oxygen atoms in total. The quantitative estimate of drug-likeness (QED) is 0.407. The first kappa shape index (κ1) is 18.6. The average Bonchev–Trinajstić information content (AvgIpc) is 2.95. The van der Waals surface area contributed by atoms with Crippen LogP contribution in [0.3, 0.4) is 0 Å². The zero-order valence-electron chi connectivity index (χ0n) is 15.4. The molecule has 0 aromatic carbocycles. The maximum Gasteiger partial charge on any atom is 0.319 e. The first-order chi connectivity index (χ1) is 12.0. The first-order valence-electron chi connectivity index (χ1n) is 9.08. The number of esters is 1. The minimum Gasteiger partial charge on any atom is -0.465 e. The number of carbonyl (C=O) groups excluding carboxylic acids is 1. The normalized spacial score (nSPS) is 18.4. The predicted octanol–water partition coefficient (Wildman–Crippen LogP) is 4.89. The molecule has 136 valence electrons. The van der Waals surface area contributed by atoms with Gasteiger partial charge >= 0.3 is 5.97 Å². The van der Waals surface area contributed by atoms with Gasteiger partial charge in [-0.3, -0.25) is 4.79 Å². The van der Waals surface area contributed by atoms with Crippen molar-refractivity contribution in [2.45, 2.75) is 63.7 Å². The van der Waals surface area contributed by atoms with Gasteiger partial charge in [0, 0.05) is 10.3 Å². The van der Waals surface area contributed by atoms with Gasteiger partial charge < -0.3 is 4.74 Å². The Kier molecular flexibility index (Phi) is 6.00. The molecular weight excluding hydrogens is 352 g/mol. The van der Waals surface area contributed by atoms with Gasteiger partial charge in [-0.1, -0.05) is 39.5 Å². The van der Waals surface area contributed by atoms with Gasteiger partial charge in [0.2, 0.25) is 0 Å². The number of aryl methyl sites for hydroxylation is 1. The summed E-state index contributed by atoms with van der Waals surface area (Å²) in [7, 11) is 0. The fourth-order valence-corrected chi connectivity index (χ4v) is 5.57. The van der Waals surface area contributed by atoms with E-state index in [1.165, 1.54) is 34.0 Å². The highest BCUT2D eigenvalue weighted by molar-refractivity contribution is 8.00. The summed E-state index contributed by atoms with van der Waals surface area (Å²) in [4.78, 5) is 23.9.